The van der Waals surface area contributed by atoms with Crippen LogP contribution in [0.2, 0.25) is 0 Å². The van der Waals surface area contributed by atoms with Crippen LogP contribution in [0.4, 0.5) is 4.39 Å². The lowest BCUT2D eigenvalue weighted by Crippen LogP contribution is -2.37. The molecule has 1 saturated heterocycles. The van der Waals surface area contributed by atoms with E-state index < -0.39 is 5.97 Å². The third kappa shape index (κ3) is 5.21. The fraction of sp³-hybridized carbons (Fsp3) is 0.379. The molecule has 1 saturated carbocycles. The number of likely N-dealkylation sites (tertiary alicyclic amines) is 1. The molecule has 1 N–H and O–H groups in total. The molecule has 6 nitrogen and oxygen atoms in total. The summed E-state index contributed by atoms with van der Waals surface area (Å²) in [6, 6.07) is 13.7. The summed E-state index contributed by atoms with van der Waals surface area (Å²) < 4.78 is 21.2. The predicted octanol–water partition coefficient (Wildman–Crippen LogP) is 5.47. The molecule has 3 aromatic rings. The van der Waals surface area contributed by atoms with Crippen LogP contribution >= 0.6 is 0 Å². The summed E-state index contributed by atoms with van der Waals surface area (Å²) in [7, 11) is 0. The minimum Gasteiger partial charge on any atom is -0.494 e. The smallest absolute Gasteiger partial charge is 0.337 e. The van der Waals surface area contributed by atoms with Crippen LogP contribution in [-0.2, 0) is 6.54 Å². The number of aromatic carboxylic acids is 1. The Morgan fingerprint density at radius 2 is 1.78 bits per heavy atom. The summed E-state index contributed by atoms with van der Waals surface area (Å²) in [4.78, 5) is 26.1. The molecular formula is C29H31FN2O4. The van der Waals surface area contributed by atoms with Crippen LogP contribution in [0.5, 0.6) is 5.75 Å². The molecule has 0 spiro atoms. The van der Waals surface area contributed by atoms with Gasteiger partial charge in [-0.1, -0.05) is 12.1 Å². The zero-order valence-electron chi connectivity index (χ0n) is 20.5. The van der Waals surface area contributed by atoms with Crippen LogP contribution in [0, 0.1) is 5.82 Å². The zero-order valence-corrected chi connectivity index (χ0v) is 20.5. The topological polar surface area (TPSA) is 71.8 Å². The number of aromatic nitrogens is 1. The summed E-state index contributed by atoms with van der Waals surface area (Å²) >= 11 is 0. The molecule has 0 amide bonds. The Bertz CT molecular complexity index is 1310. The van der Waals surface area contributed by atoms with E-state index in [9.17, 15) is 19.1 Å². The van der Waals surface area contributed by atoms with E-state index in [0.29, 0.717) is 12.5 Å². The molecule has 0 atom stereocenters. The summed E-state index contributed by atoms with van der Waals surface area (Å²) in [5.74, 6) is 0.112. The number of piperidine rings is 1. The average molecular weight is 491 g/mol. The Labute approximate surface area is 209 Å². The molecule has 1 aliphatic carbocycles. The van der Waals surface area contributed by atoms with Crippen molar-refractivity contribution < 1.29 is 19.0 Å². The highest BCUT2D eigenvalue weighted by atomic mass is 19.1. The van der Waals surface area contributed by atoms with Crippen molar-refractivity contribution in [1.29, 1.82) is 0 Å². The van der Waals surface area contributed by atoms with Gasteiger partial charge in [-0.15, -0.1) is 0 Å². The molecule has 7 heteroatoms. The number of rotatable bonds is 8. The van der Waals surface area contributed by atoms with Gasteiger partial charge in [-0.25, -0.2) is 9.18 Å². The third-order valence-electron chi connectivity index (χ3n) is 7.23. The van der Waals surface area contributed by atoms with E-state index in [1.807, 2.05) is 19.1 Å². The number of carbonyl (C=O) groups is 1. The lowest BCUT2D eigenvalue weighted by Gasteiger charge is -2.33. The fourth-order valence-electron chi connectivity index (χ4n) is 5.18. The van der Waals surface area contributed by atoms with Gasteiger partial charge in [0.2, 0.25) is 0 Å². The molecule has 2 aliphatic rings. The minimum absolute atomic E-state index is 0.0118. The van der Waals surface area contributed by atoms with E-state index in [1.165, 1.54) is 36.0 Å². The minimum atomic E-state index is -1.03. The van der Waals surface area contributed by atoms with Crippen molar-refractivity contribution in [2.24, 2.45) is 0 Å². The standard InChI is InChI=1S/C29H31FN2O4/c1-2-36-27-16-26(20-5-8-23(30)9-6-20)25(19-3-4-19)15-22(27)17-31-13-11-24(12-14-31)32-18-21(29(34)35)7-10-28(32)33/h5-10,15-16,18-19,24H,2-4,11-14,17H2,1H3,(H,34,35). The Morgan fingerprint density at radius 3 is 2.42 bits per heavy atom. The maximum Gasteiger partial charge on any atom is 0.337 e. The van der Waals surface area contributed by atoms with E-state index >= 15 is 0 Å². The van der Waals surface area contributed by atoms with Gasteiger partial charge in [0.05, 0.1) is 12.2 Å². The van der Waals surface area contributed by atoms with Crippen LogP contribution in [-0.4, -0.2) is 40.2 Å². The van der Waals surface area contributed by atoms with Crippen molar-refractivity contribution in [1.82, 2.24) is 9.47 Å². The van der Waals surface area contributed by atoms with Gasteiger partial charge in [-0.2, -0.15) is 0 Å². The van der Waals surface area contributed by atoms with Crippen molar-refractivity contribution in [2.45, 2.75) is 51.1 Å². The highest BCUT2D eigenvalue weighted by Gasteiger charge is 2.29. The Morgan fingerprint density at radius 1 is 1.06 bits per heavy atom. The predicted molar refractivity (Wildman–Crippen MR) is 136 cm³/mol. The van der Waals surface area contributed by atoms with Crippen LogP contribution in [0.15, 0.2) is 59.5 Å². The van der Waals surface area contributed by atoms with Gasteiger partial charge in [-0.3, -0.25) is 9.69 Å². The number of pyridine rings is 1. The van der Waals surface area contributed by atoms with Crippen molar-refractivity contribution >= 4 is 5.97 Å². The number of hydrogen-bond acceptors (Lipinski definition) is 4. The van der Waals surface area contributed by atoms with Crippen molar-refractivity contribution in [3.8, 4) is 16.9 Å². The van der Waals surface area contributed by atoms with Gasteiger partial charge >= 0.3 is 5.97 Å². The first kappa shape index (κ1) is 24.3. The SMILES string of the molecule is CCOc1cc(-c2ccc(F)cc2)c(C2CC2)cc1CN1CCC(n2cc(C(=O)O)ccc2=O)CC1. The molecule has 2 fully saturated rings. The van der Waals surface area contributed by atoms with E-state index in [-0.39, 0.29) is 23.0 Å². The second kappa shape index (κ2) is 10.3. The Hall–Kier alpha value is -3.45. The Balaban J connectivity index is 1.36. The monoisotopic (exact) mass is 490 g/mol. The van der Waals surface area contributed by atoms with Crippen molar-refractivity contribution in [3.05, 3.63) is 87.6 Å². The van der Waals surface area contributed by atoms with Crippen LogP contribution in [0.3, 0.4) is 0 Å². The summed E-state index contributed by atoms with van der Waals surface area (Å²) in [5.41, 5.74) is 4.52. The number of halogens is 1. The number of ether oxygens (including phenoxy) is 1. The molecule has 2 aromatic carbocycles. The summed E-state index contributed by atoms with van der Waals surface area (Å²) in [6.45, 7) is 4.89. The van der Waals surface area contributed by atoms with Crippen LogP contribution in [0.1, 0.15) is 66.1 Å². The van der Waals surface area contributed by atoms with Crippen LogP contribution in [0.25, 0.3) is 11.1 Å². The fourth-order valence-corrected chi connectivity index (χ4v) is 5.18. The first-order chi connectivity index (χ1) is 17.4. The second-order valence-corrected chi connectivity index (χ2v) is 9.74. The van der Waals surface area contributed by atoms with Gasteiger partial charge in [-0.05, 0) is 85.5 Å². The van der Waals surface area contributed by atoms with E-state index in [1.54, 1.807) is 4.57 Å². The van der Waals surface area contributed by atoms with E-state index in [2.05, 4.69) is 17.0 Å². The van der Waals surface area contributed by atoms with Crippen molar-refractivity contribution in [3.63, 3.8) is 0 Å². The first-order valence-electron chi connectivity index (χ1n) is 12.7. The molecular weight excluding hydrogens is 459 g/mol. The third-order valence-corrected chi connectivity index (χ3v) is 7.23. The van der Waals surface area contributed by atoms with Crippen LogP contribution < -0.4 is 10.3 Å². The van der Waals surface area contributed by atoms with E-state index in [4.69, 9.17) is 4.74 Å². The lowest BCUT2D eigenvalue weighted by molar-refractivity contribution is 0.0695. The molecule has 2 heterocycles. The maximum absolute atomic E-state index is 13.5. The summed E-state index contributed by atoms with van der Waals surface area (Å²) in [5, 5.41) is 9.29. The molecule has 1 aromatic heterocycles. The van der Waals surface area contributed by atoms with Gasteiger partial charge in [0.15, 0.2) is 0 Å². The molecule has 188 valence electrons. The molecule has 36 heavy (non-hydrogen) atoms. The molecule has 1 aliphatic heterocycles. The highest BCUT2D eigenvalue weighted by Crippen LogP contribution is 2.46. The van der Waals surface area contributed by atoms with E-state index in [0.717, 1.165) is 67.8 Å². The zero-order chi connectivity index (χ0) is 25.2. The normalized spacial score (nSPS) is 16.7. The number of carboxylic acid groups (broad SMARTS) is 1. The average Bonchev–Trinajstić information content (AvgIpc) is 3.72. The summed E-state index contributed by atoms with van der Waals surface area (Å²) in [6.07, 6.45) is 5.34. The highest BCUT2D eigenvalue weighted by molar-refractivity contribution is 5.87. The van der Waals surface area contributed by atoms with Crippen molar-refractivity contribution in [2.75, 3.05) is 19.7 Å². The quantitative estimate of drug-likeness (QED) is 0.454. The second-order valence-electron chi connectivity index (χ2n) is 9.74. The number of benzene rings is 2. The largest absolute Gasteiger partial charge is 0.494 e. The van der Waals surface area contributed by atoms with Gasteiger partial charge < -0.3 is 14.4 Å². The maximum atomic E-state index is 13.5. The van der Waals surface area contributed by atoms with Gasteiger partial charge in [0.25, 0.3) is 5.56 Å². The lowest BCUT2D eigenvalue weighted by atomic mass is 9.93. The molecule has 0 bridgehead atoms. The first-order valence-corrected chi connectivity index (χ1v) is 12.7. The van der Waals surface area contributed by atoms with Gasteiger partial charge in [0, 0.05) is 43.5 Å². The molecule has 0 radical (unpaired) electrons. The molecule has 5 rings (SSSR count). The number of hydrogen-bond donors (Lipinski definition) is 1. The molecule has 0 unspecified atom stereocenters. The number of carboxylic acids is 1. The Kier molecular flexibility index (Phi) is 6.92. The number of nitrogens with zero attached hydrogens (tertiary/aromatic N) is 2. The van der Waals surface area contributed by atoms with Gasteiger partial charge in [0.1, 0.15) is 11.6 Å².